The Balaban J connectivity index is -0.0000000480. The largest absolute Gasteiger partial charge is 2.00 e. The molecular weight excluding hydrogens is 291 g/mol. The van der Waals surface area contributed by atoms with Crippen LogP contribution in [0.4, 0.5) is 0 Å². The summed E-state index contributed by atoms with van der Waals surface area (Å²) in [4.78, 5) is 0. The maximum absolute atomic E-state index is 3.76. The summed E-state index contributed by atoms with van der Waals surface area (Å²) >= 11 is 0. The van der Waals surface area contributed by atoms with E-state index in [1.54, 1.807) is 0 Å². The first-order chi connectivity index (χ1) is 6.83. The first-order valence-corrected chi connectivity index (χ1v) is 6.41. The quantitative estimate of drug-likeness (QED) is 0.479. The average molecular weight is 326 g/mol. The summed E-state index contributed by atoms with van der Waals surface area (Å²) in [5, 5.41) is 0. The van der Waals surface area contributed by atoms with Crippen molar-refractivity contribution in [1.82, 2.24) is 0 Å². The number of rotatable bonds is 8. The number of unbranched alkanes of at least 4 members (excludes halogenated alkanes) is 8. The van der Waals surface area contributed by atoms with E-state index in [0.717, 1.165) is 12.8 Å². The van der Waals surface area contributed by atoms with Crippen molar-refractivity contribution in [3.63, 3.8) is 0 Å². The SMILES string of the molecule is O.O.[CH2-]CCCCCC.[CH2-]CCCCCC.[Zr+2]. The second kappa shape index (κ2) is 36.0. The van der Waals surface area contributed by atoms with Gasteiger partial charge in [0.05, 0.1) is 0 Å². The van der Waals surface area contributed by atoms with Crippen LogP contribution in [0.15, 0.2) is 0 Å². The third-order valence-electron chi connectivity index (χ3n) is 2.21. The summed E-state index contributed by atoms with van der Waals surface area (Å²) in [5.74, 6) is 0. The maximum atomic E-state index is 3.76. The van der Waals surface area contributed by atoms with Crippen molar-refractivity contribution in [3.05, 3.63) is 13.8 Å². The molecule has 4 N–H and O–H groups in total. The minimum Gasteiger partial charge on any atom is -0.412 e. The molecule has 0 aliphatic carbocycles. The van der Waals surface area contributed by atoms with Gasteiger partial charge in [-0.05, 0) is 0 Å². The van der Waals surface area contributed by atoms with Crippen LogP contribution in [-0.4, -0.2) is 11.0 Å². The van der Waals surface area contributed by atoms with E-state index in [0.29, 0.717) is 0 Å². The van der Waals surface area contributed by atoms with Gasteiger partial charge in [0, 0.05) is 0 Å². The maximum Gasteiger partial charge on any atom is 2.00 e. The molecule has 0 rings (SSSR count). The van der Waals surface area contributed by atoms with E-state index >= 15 is 0 Å². The average Bonchev–Trinajstić information content (AvgIpc) is 2.21. The van der Waals surface area contributed by atoms with Crippen molar-refractivity contribution < 1.29 is 37.2 Å². The van der Waals surface area contributed by atoms with Gasteiger partial charge in [0.25, 0.3) is 0 Å². The molecule has 0 amide bonds. The van der Waals surface area contributed by atoms with Crippen molar-refractivity contribution in [2.75, 3.05) is 0 Å². The van der Waals surface area contributed by atoms with Crippen LogP contribution >= 0.6 is 0 Å². The summed E-state index contributed by atoms with van der Waals surface area (Å²) in [7, 11) is 0. The Morgan fingerprint density at radius 1 is 0.588 bits per heavy atom. The minimum absolute atomic E-state index is 0. The molecule has 2 nitrogen and oxygen atoms in total. The van der Waals surface area contributed by atoms with Gasteiger partial charge >= 0.3 is 26.2 Å². The molecule has 0 aromatic heterocycles. The van der Waals surface area contributed by atoms with Crippen molar-refractivity contribution in [1.29, 1.82) is 0 Å². The zero-order chi connectivity index (χ0) is 11.1. The van der Waals surface area contributed by atoms with Crippen molar-refractivity contribution >= 4 is 0 Å². The summed E-state index contributed by atoms with van der Waals surface area (Å²) in [5.41, 5.74) is 0. The second-order valence-corrected chi connectivity index (χ2v) is 3.83. The third kappa shape index (κ3) is 47.5. The first kappa shape index (κ1) is 30.7. The molecule has 0 heterocycles. The Morgan fingerprint density at radius 2 is 0.882 bits per heavy atom. The molecule has 0 bridgehead atoms. The summed E-state index contributed by atoms with van der Waals surface area (Å²) < 4.78 is 0. The first-order valence-electron chi connectivity index (χ1n) is 6.41. The van der Waals surface area contributed by atoms with Crippen LogP contribution in [0.25, 0.3) is 0 Å². The summed E-state index contributed by atoms with van der Waals surface area (Å²) in [6.45, 7) is 12.0. The van der Waals surface area contributed by atoms with E-state index in [-0.39, 0.29) is 37.2 Å². The van der Waals surface area contributed by atoms with E-state index < -0.39 is 0 Å². The van der Waals surface area contributed by atoms with Crippen LogP contribution in [-0.2, 0) is 26.2 Å². The standard InChI is InChI=1S/2C7H15.2H2O.Zr/c2*1-3-5-7-6-4-2;;;/h2*1,3-7H2,2H3;2*1H2;/q2*-1;;;+2. The van der Waals surface area contributed by atoms with Gasteiger partial charge in [0.15, 0.2) is 0 Å². The zero-order valence-electron chi connectivity index (χ0n) is 12.0. The van der Waals surface area contributed by atoms with Gasteiger partial charge < -0.3 is 24.8 Å². The predicted molar refractivity (Wildman–Crippen MR) is 75.5 cm³/mol. The van der Waals surface area contributed by atoms with E-state index in [1.807, 2.05) is 0 Å². The van der Waals surface area contributed by atoms with Crippen LogP contribution in [0, 0.1) is 13.8 Å². The van der Waals surface area contributed by atoms with E-state index in [4.69, 9.17) is 0 Å². The molecule has 0 radical (unpaired) electrons. The zero-order valence-corrected chi connectivity index (χ0v) is 14.4. The Hall–Kier alpha value is 0.803. The molecule has 0 saturated heterocycles. The van der Waals surface area contributed by atoms with Crippen molar-refractivity contribution in [2.45, 2.75) is 78.1 Å². The van der Waals surface area contributed by atoms with Gasteiger partial charge in [-0.15, -0.1) is 0 Å². The smallest absolute Gasteiger partial charge is 0.412 e. The van der Waals surface area contributed by atoms with Gasteiger partial charge in [-0.2, -0.15) is 12.8 Å². The summed E-state index contributed by atoms with van der Waals surface area (Å²) in [6.07, 6.45) is 13.0. The second-order valence-electron chi connectivity index (χ2n) is 3.83. The predicted octanol–water partition coefficient (Wildman–Crippen LogP) is 3.93. The fraction of sp³-hybridized carbons (Fsp3) is 0.857. The van der Waals surface area contributed by atoms with Crippen molar-refractivity contribution in [3.8, 4) is 0 Å². The van der Waals surface area contributed by atoms with E-state index in [1.165, 1.54) is 51.4 Å². The fourth-order valence-corrected chi connectivity index (χ4v) is 1.21. The van der Waals surface area contributed by atoms with Crippen LogP contribution in [0.2, 0.25) is 0 Å². The van der Waals surface area contributed by atoms with Gasteiger partial charge in [-0.25, -0.2) is 0 Å². The molecule has 0 fully saturated rings. The van der Waals surface area contributed by atoms with Gasteiger partial charge in [0.2, 0.25) is 0 Å². The number of hydrogen-bond donors (Lipinski definition) is 0. The van der Waals surface area contributed by atoms with Gasteiger partial charge in [-0.1, -0.05) is 65.2 Å². The molecule has 0 aromatic rings. The monoisotopic (exact) mass is 324 g/mol. The van der Waals surface area contributed by atoms with Crippen LogP contribution in [0.5, 0.6) is 0 Å². The Kier molecular flexibility index (Phi) is 64.9. The fourth-order valence-electron chi connectivity index (χ4n) is 1.21. The van der Waals surface area contributed by atoms with E-state index in [2.05, 4.69) is 27.7 Å². The molecule has 3 heteroatoms. The molecule has 106 valence electrons. The van der Waals surface area contributed by atoms with Gasteiger partial charge in [-0.3, -0.25) is 0 Å². The van der Waals surface area contributed by atoms with Crippen LogP contribution in [0.1, 0.15) is 78.1 Å². The van der Waals surface area contributed by atoms with Crippen molar-refractivity contribution in [2.24, 2.45) is 0 Å². The topological polar surface area (TPSA) is 63.0 Å². The number of hydrogen-bond acceptors (Lipinski definition) is 0. The molecule has 17 heavy (non-hydrogen) atoms. The molecule has 0 aromatic carbocycles. The summed E-state index contributed by atoms with van der Waals surface area (Å²) in [6, 6.07) is 0. The Morgan fingerprint density at radius 3 is 1.06 bits per heavy atom. The van der Waals surface area contributed by atoms with Crippen LogP contribution in [0.3, 0.4) is 0 Å². The molecular formula is C14H34O2Zr. The third-order valence-corrected chi connectivity index (χ3v) is 2.21. The molecule has 0 saturated carbocycles. The normalized spacial score (nSPS) is 7.76. The molecule has 0 unspecified atom stereocenters. The Labute approximate surface area is 129 Å². The van der Waals surface area contributed by atoms with E-state index in [9.17, 15) is 0 Å². The molecule has 0 aliphatic heterocycles. The molecule has 0 aliphatic rings. The van der Waals surface area contributed by atoms with Gasteiger partial charge in [0.1, 0.15) is 0 Å². The minimum atomic E-state index is 0. The van der Waals surface area contributed by atoms with Crippen LogP contribution < -0.4 is 0 Å². The Bertz CT molecular complexity index is 62.6. The molecule has 0 spiro atoms. The molecule has 0 atom stereocenters.